The molecule has 1 aliphatic heterocycles. The third-order valence-corrected chi connectivity index (χ3v) is 3.79. The van der Waals surface area contributed by atoms with Crippen LogP contribution in [0, 0.1) is 12.8 Å². The Morgan fingerprint density at radius 2 is 2.16 bits per heavy atom. The normalized spacial score (nSPS) is 24.2. The number of amides is 1. The van der Waals surface area contributed by atoms with Crippen LogP contribution in [-0.4, -0.2) is 37.0 Å². The lowest BCUT2D eigenvalue weighted by atomic mass is 9.94. The third-order valence-electron chi connectivity index (χ3n) is 3.79. The van der Waals surface area contributed by atoms with Crippen LogP contribution in [0.4, 0.5) is 5.69 Å². The van der Waals surface area contributed by atoms with Gasteiger partial charge in [0.05, 0.1) is 0 Å². The van der Waals surface area contributed by atoms with Crippen LogP contribution < -0.4 is 11.1 Å². The second-order valence-corrected chi connectivity index (χ2v) is 5.74. The summed E-state index contributed by atoms with van der Waals surface area (Å²) in [6.07, 6.45) is 1.00. The molecule has 1 saturated heterocycles. The molecule has 0 bridgehead atoms. The zero-order valence-electron chi connectivity index (χ0n) is 11.9. The van der Waals surface area contributed by atoms with Crippen LogP contribution in [0.25, 0.3) is 0 Å². The number of nitrogens with one attached hydrogen (secondary N) is 1. The lowest BCUT2D eigenvalue weighted by Gasteiger charge is -2.35. The maximum atomic E-state index is 12.3. The van der Waals surface area contributed by atoms with Gasteiger partial charge in [-0.3, -0.25) is 4.79 Å². The second-order valence-electron chi connectivity index (χ2n) is 5.74. The van der Waals surface area contributed by atoms with E-state index in [-0.39, 0.29) is 11.9 Å². The molecule has 4 heteroatoms. The number of nitrogens with zero attached hydrogens (tertiary/aromatic N) is 1. The van der Waals surface area contributed by atoms with Crippen molar-refractivity contribution < 1.29 is 4.79 Å². The van der Waals surface area contributed by atoms with Gasteiger partial charge in [-0.2, -0.15) is 0 Å². The average molecular weight is 261 g/mol. The summed E-state index contributed by atoms with van der Waals surface area (Å²) in [6, 6.07) is 5.74. The highest BCUT2D eigenvalue weighted by Gasteiger charge is 2.25. The van der Waals surface area contributed by atoms with Crippen LogP contribution in [0.3, 0.4) is 0 Å². The van der Waals surface area contributed by atoms with E-state index < -0.39 is 0 Å². The first-order valence-electron chi connectivity index (χ1n) is 6.82. The van der Waals surface area contributed by atoms with Gasteiger partial charge in [0.15, 0.2) is 0 Å². The zero-order chi connectivity index (χ0) is 14.0. The highest BCUT2D eigenvalue weighted by molar-refractivity contribution is 5.95. The quantitative estimate of drug-likeness (QED) is 0.796. The first kappa shape index (κ1) is 13.9. The van der Waals surface area contributed by atoms with Crippen molar-refractivity contribution in [3.05, 3.63) is 29.3 Å². The minimum atomic E-state index is -0.0168. The standard InChI is InChI=1S/C15H23N3O/c1-10-6-12(8-13(16)7-10)15(19)17-14-4-5-18(3)9-11(14)2/h6-8,11,14H,4-5,9,16H2,1-3H3,(H,17,19). The fourth-order valence-electron chi connectivity index (χ4n) is 2.76. The topological polar surface area (TPSA) is 58.4 Å². The van der Waals surface area contributed by atoms with E-state index in [1.165, 1.54) is 0 Å². The molecule has 0 aliphatic carbocycles. The van der Waals surface area contributed by atoms with Gasteiger partial charge in [0, 0.05) is 23.8 Å². The summed E-state index contributed by atoms with van der Waals surface area (Å²) in [5, 5.41) is 3.14. The molecular formula is C15H23N3O. The Bertz CT molecular complexity index is 452. The number of nitrogens with two attached hydrogens (primary N) is 1. The van der Waals surface area contributed by atoms with Crippen LogP contribution in [0.1, 0.15) is 29.3 Å². The molecule has 0 saturated carbocycles. The van der Waals surface area contributed by atoms with Crippen LogP contribution in [0.2, 0.25) is 0 Å². The predicted molar refractivity (Wildman–Crippen MR) is 78.1 cm³/mol. The van der Waals surface area contributed by atoms with Gasteiger partial charge in [0.1, 0.15) is 0 Å². The number of aryl methyl sites for hydroxylation is 1. The number of nitrogen functional groups attached to an aromatic ring is 1. The van der Waals surface area contributed by atoms with E-state index in [2.05, 4.69) is 24.2 Å². The van der Waals surface area contributed by atoms with Crippen molar-refractivity contribution in [1.82, 2.24) is 10.2 Å². The summed E-state index contributed by atoms with van der Waals surface area (Å²) < 4.78 is 0. The molecular weight excluding hydrogens is 238 g/mol. The maximum absolute atomic E-state index is 12.3. The van der Waals surface area contributed by atoms with Crippen LogP contribution >= 0.6 is 0 Å². The summed E-state index contributed by atoms with van der Waals surface area (Å²) in [5.74, 6) is 0.460. The van der Waals surface area contributed by atoms with E-state index in [9.17, 15) is 4.79 Å². The van der Waals surface area contributed by atoms with Gasteiger partial charge in [0.2, 0.25) is 0 Å². The minimum Gasteiger partial charge on any atom is -0.399 e. The Hall–Kier alpha value is -1.55. The molecule has 1 aromatic rings. The summed E-state index contributed by atoms with van der Waals surface area (Å²) >= 11 is 0. The number of benzene rings is 1. The van der Waals surface area contributed by atoms with Crippen LogP contribution in [0.15, 0.2) is 18.2 Å². The van der Waals surface area contributed by atoms with Crippen LogP contribution in [0.5, 0.6) is 0 Å². The largest absolute Gasteiger partial charge is 0.399 e. The van der Waals surface area contributed by atoms with Gasteiger partial charge in [-0.1, -0.05) is 6.92 Å². The molecule has 1 aliphatic rings. The fraction of sp³-hybridized carbons (Fsp3) is 0.533. The molecule has 0 aromatic heterocycles. The SMILES string of the molecule is Cc1cc(N)cc(C(=O)NC2CCN(C)CC2C)c1. The number of piperidine rings is 1. The Morgan fingerprint density at radius 1 is 1.42 bits per heavy atom. The maximum Gasteiger partial charge on any atom is 0.251 e. The average Bonchev–Trinajstić information content (AvgIpc) is 2.31. The molecule has 2 atom stereocenters. The first-order chi connectivity index (χ1) is 8.95. The molecule has 1 fully saturated rings. The number of rotatable bonds is 2. The smallest absolute Gasteiger partial charge is 0.251 e. The van der Waals surface area contributed by atoms with E-state index >= 15 is 0 Å². The Morgan fingerprint density at radius 3 is 2.79 bits per heavy atom. The molecule has 1 heterocycles. The Kier molecular flexibility index (Phi) is 4.10. The summed E-state index contributed by atoms with van der Waals surface area (Å²) in [7, 11) is 2.12. The molecule has 19 heavy (non-hydrogen) atoms. The number of anilines is 1. The summed E-state index contributed by atoms with van der Waals surface area (Å²) in [4.78, 5) is 14.6. The van der Waals surface area contributed by atoms with E-state index in [0.29, 0.717) is 17.2 Å². The van der Waals surface area contributed by atoms with Crippen molar-refractivity contribution in [2.45, 2.75) is 26.3 Å². The van der Waals surface area contributed by atoms with Gasteiger partial charge < -0.3 is 16.0 Å². The molecule has 0 radical (unpaired) electrons. The van der Waals surface area contributed by atoms with E-state index in [1.54, 1.807) is 6.07 Å². The molecule has 1 aromatic carbocycles. The van der Waals surface area contributed by atoms with Gasteiger partial charge in [-0.05, 0) is 56.6 Å². The molecule has 4 nitrogen and oxygen atoms in total. The Balaban J connectivity index is 2.04. The molecule has 0 spiro atoms. The van der Waals surface area contributed by atoms with Crippen molar-refractivity contribution in [2.24, 2.45) is 5.92 Å². The zero-order valence-corrected chi connectivity index (χ0v) is 11.9. The van der Waals surface area contributed by atoms with Gasteiger partial charge in [0.25, 0.3) is 5.91 Å². The van der Waals surface area contributed by atoms with Crippen molar-refractivity contribution in [2.75, 3.05) is 25.9 Å². The molecule has 104 valence electrons. The molecule has 2 unspecified atom stereocenters. The van der Waals surface area contributed by atoms with Crippen molar-refractivity contribution in [3.8, 4) is 0 Å². The second kappa shape index (κ2) is 5.61. The molecule has 2 rings (SSSR count). The Labute approximate surface area is 115 Å². The van der Waals surface area contributed by atoms with Gasteiger partial charge in [-0.25, -0.2) is 0 Å². The molecule has 3 N–H and O–H groups in total. The monoisotopic (exact) mass is 261 g/mol. The van der Waals surface area contributed by atoms with Crippen molar-refractivity contribution >= 4 is 11.6 Å². The van der Waals surface area contributed by atoms with E-state index in [4.69, 9.17) is 5.73 Å². The highest BCUT2D eigenvalue weighted by Crippen LogP contribution is 2.17. The predicted octanol–water partition coefficient (Wildman–Crippen LogP) is 1.65. The first-order valence-corrected chi connectivity index (χ1v) is 6.82. The van der Waals surface area contributed by atoms with Gasteiger partial charge in [-0.15, -0.1) is 0 Å². The van der Waals surface area contributed by atoms with Crippen molar-refractivity contribution in [1.29, 1.82) is 0 Å². The molecule has 1 amide bonds. The highest BCUT2D eigenvalue weighted by atomic mass is 16.1. The number of carbonyl (C=O) groups is 1. The van der Waals surface area contributed by atoms with E-state index in [0.717, 1.165) is 25.1 Å². The summed E-state index contributed by atoms with van der Waals surface area (Å²) in [6.45, 7) is 6.20. The number of likely N-dealkylation sites (tertiary alicyclic amines) is 1. The third kappa shape index (κ3) is 3.47. The minimum absolute atomic E-state index is 0.0168. The lowest BCUT2D eigenvalue weighted by Crippen LogP contribution is -2.48. The lowest BCUT2D eigenvalue weighted by molar-refractivity contribution is 0.0884. The van der Waals surface area contributed by atoms with E-state index in [1.807, 2.05) is 19.1 Å². The number of carbonyl (C=O) groups excluding carboxylic acids is 1. The number of hydrogen-bond acceptors (Lipinski definition) is 3. The fourth-order valence-corrected chi connectivity index (χ4v) is 2.76. The van der Waals surface area contributed by atoms with Crippen LogP contribution in [-0.2, 0) is 0 Å². The summed E-state index contributed by atoms with van der Waals surface area (Å²) in [5.41, 5.74) is 8.10. The number of hydrogen-bond donors (Lipinski definition) is 2. The van der Waals surface area contributed by atoms with Gasteiger partial charge >= 0.3 is 0 Å². The van der Waals surface area contributed by atoms with Crippen molar-refractivity contribution in [3.63, 3.8) is 0 Å².